The Balaban J connectivity index is 1.89. The summed E-state index contributed by atoms with van der Waals surface area (Å²) in [5.41, 5.74) is 3.30. The lowest BCUT2D eigenvalue weighted by Gasteiger charge is -2.18. The third-order valence-electron chi connectivity index (χ3n) is 3.85. The second-order valence-corrected chi connectivity index (χ2v) is 5.03. The number of benzene rings is 2. The van der Waals surface area contributed by atoms with Crippen molar-refractivity contribution < 1.29 is 4.79 Å². The molecule has 0 saturated heterocycles. The quantitative estimate of drug-likeness (QED) is 0.739. The topological polar surface area (TPSA) is 17.1 Å². The highest BCUT2D eigenvalue weighted by atomic mass is 16.1. The molecule has 2 atom stereocenters. The summed E-state index contributed by atoms with van der Waals surface area (Å²) in [5.74, 6) is 0.387. The summed E-state index contributed by atoms with van der Waals surface area (Å²) in [6, 6.07) is 17.9. The molecule has 3 rings (SSSR count). The van der Waals surface area contributed by atoms with Crippen molar-refractivity contribution in [2.45, 2.75) is 12.8 Å². The predicted octanol–water partition coefficient (Wildman–Crippen LogP) is 4.32. The zero-order valence-corrected chi connectivity index (χ0v) is 10.9. The zero-order chi connectivity index (χ0) is 13.2. The number of carbonyl (C=O) groups is 1. The van der Waals surface area contributed by atoms with Crippen molar-refractivity contribution in [3.05, 3.63) is 77.4 Å². The Morgan fingerprint density at radius 1 is 1.00 bits per heavy atom. The van der Waals surface area contributed by atoms with Gasteiger partial charge in [0.15, 0.2) is 5.78 Å². The van der Waals surface area contributed by atoms with E-state index in [0.29, 0.717) is 0 Å². The first-order chi connectivity index (χ1) is 9.27. The number of rotatable bonds is 3. The molecule has 0 saturated carbocycles. The van der Waals surface area contributed by atoms with E-state index in [1.165, 1.54) is 11.1 Å². The van der Waals surface area contributed by atoms with Crippen molar-refractivity contribution in [3.63, 3.8) is 0 Å². The molecule has 1 heteroatoms. The van der Waals surface area contributed by atoms with E-state index < -0.39 is 0 Å². The lowest BCUT2D eigenvalue weighted by Crippen LogP contribution is -2.17. The number of ketones is 1. The second kappa shape index (κ2) is 4.85. The number of carbonyl (C=O) groups excluding carboxylic acids is 1. The maximum Gasteiger partial charge on any atom is 0.166 e. The van der Waals surface area contributed by atoms with Crippen LogP contribution in [0, 0.1) is 5.92 Å². The molecule has 0 N–H and O–H groups in total. The first-order valence-electron chi connectivity index (χ1n) is 6.64. The first-order valence-corrected chi connectivity index (χ1v) is 6.64. The molecule has 0 radical (unpaired) electrons. The minimum atomic E-state index is -0.0256. The van der Waals surface area contributed by atoms with Gasteiger partial charge >= 0.3 is 0 Å². The first kappa shape index (κ1) is 11.9. The molecule has 19 heavy (non-hydrogen) atoms. The van der Waals surface area contributed by atoms with E-state index in [4.69, 9.17) is 0 Å². The summed E-state index contributed by atoms with van der Waals surface area (Å²) in [5, 5.41) is 0. The third kappa shape index (κ3) is 2.12. The van der Waals surface area contributed by atoms with Crippen LogP contribution in [0.15, 0.2) is 60.7 Å². The SMILES string of the molecule is CC(C(=O)c1ccccc1)C1C=Cc2ccccc21. The van der Waals surface area contributed by atoms with E-state index in [0.717, 1.165) is 5.56 Å². The molecule has 0 bridgehead atoms. The van der Waals surface area contributed by atoms with Gasteiger partial charge < -0.3 is 0 Å². The fourth-order valence-corrected chi connectivity index (χ4v) is 2.74. The van der Waals surface area contributed by atoms with Crippen molar-refractivity contribution in [3.8, 4) is 0 Å². The molecule has 0 aromatic heterocycles. The van der Waals surface area contributed by atoms with Crippen LogP contribution in [0.3, 0.4) is 0 Å². The predicted molar refractivity (Wildman–Crippen MR) is 78.2 cm³/mol. The highest BCUT2D eigenvalue weighted by Crippen LogP contribution is 2.36. The molecule has 0 amide bonds. The summed E-state index contributed by atoms with van der Waals surface area (Å²) >= 11 is 0. The average Bonchev–Trinajstić information content (AvgIpc) is 2.90. The zero-order valence-electron chi connectivity index (χ0n) is 10.9. The molecule has 0 aliphatic heterocycles. The summed E-state index contributed by atoms with van der Waals surface area (Å²) < 4.78 is 0. The normalized spacial score (nSPS) is 18.1. The van der Waals surface area contributed by atoms with Crippen LogP contribution in [0.4, 0.5) is 0 Å². The van der Waals surface area contributed by atoms with Crippen molar-refractivity contribution in [1.82, 2.24) is 0 Å². The van der Waals surface area contributed by atoms with Crippen LogP contribution in [0.2, 0.25) is 0 Å². The van der Waals surface area contributed by atoms with Crippen molar-refractivity contribution in [2.75, 3.05) is 0 Å². The van der Waals surface area contributed by atoms with Gasteiger partial charge in [0.1, 0.15) is 0 Å². The monoisotopic (exact) mass is 248 g/mol. The Hall–Kier alpha value is -2.15. The van der Waals surface area contributed by atoms with E-state index in [2.05, 4.69) is 24.3 Å². The molecule has 1 aliphatic rings. The van der Waals surface area contributed by atoms with E-state index in [1.54, 1.807) is 0 Å². The molecule has 0 spiro atoms. The van der Waals surface area contributed by atoms with Gasteiger partial charge in [0.2, 0.25) is 0 Å². The fourth-order valence-electron chi connectivity index (χ4n) is 2.74. The Labute approximate surface area is 113 Å². The average molecular weight is 248 g/mol. The van der Waals surface area contributed by atoms with E-state index in [1.807, 2.05) is 49.4 Å². The van der Waals surface area contributed by atoms with Gasteiger partial charge in [-0.05, 0) is 11.1 Å². The van der Waals surface area contributed by atoms with Gasteiger partial charge in [-0.15, -0.1) is 0 Å². The third-order valence-corrected chi connectivity index (χ3v) is 3.85. The van der Waals surface area contributed by atoms with Gasteiger partial charge in [-0.1, -0.05) is 73.7 Å². The minimum absolute atomic E-state index is 0.0256. The Kier molecular flexibility index (Phi) is 3.04. The largest absolute Gasteiger partial charge is 0.294 e. The van der Waals surface area contributed by atoms with Crippen LogP contribution in [0.25, 0.3) is 6.08 Å². The molecular formula is C18H16O. The van der Waals surface area contributed by atoms with Crippen LogP contribution in [-0.2, 0) is 0 Å². The molecule has 0 heterocycles. The molecule has 2 aromatic rings. The Morgan fingerprint density at radius 3 is 2.47 bits per heavy atom. The maximum atomic E-state index is 12.5. The van der Waals surface area contributed by atoms with Gasteiger partial charge in [-0.25, -0.2) is 0 Å². The van der Waals surface area contributed by atoms with Gasteiger partial charge in [-0.3, -0.25) is 4.79 Å². The Bertz CT molecular complexity index is 625. The van der Waals surface area contributed by atoms with Crippen molar-refractivity contribution in [1.29, 1.82) is 0 Å². The lowest BCUT2D eigenvalue weighted by molar-refractivity contribution is 0.0921. The van der Waals surface area contributed by atoms with Crippen LogP contribution in [0.1, 0.15) is 34.3 Å². The van der Waals surface area contributed by atoms with Crippen LogP contribution in [0.5, 0.6) is 0 Å². The minimum Gasteiger partial charge on any atom is -0.294 e. The van der Waals surface area contributed by atoms with Crippen molar-refractivity contribution >= 4 is 11.9 Å². The van der Waals surface area contributed by atoms with Crippen LogP contribution in [-0.4, -0.2) is 5.78 Å². The van der Waals surface area contributed by atoms with Gasteiger partial charge in [-0.2, -0.15) is 0 Å². The summed E-state index contributed by atoms with van der Waals surface area (Å²) in [6.45, 7) is 2.02. The highest BCUT2D eigenvalue weighted by molar-refractivity contribution is 5.98. The lowest BCUT2D eigenvalue weighted by atomic mass is 9.84. The fraction of sp³-hybridized carbons (Fsp3) is 0.167. The van der Waals surface area contributed by atoms with Gasteiger partial charge in [0.05, 0.1) is 0 Å². The molecule has 1 aliphatic carbocycles. The van der Waals surface area contributed by atoms with Gasteiger partial charge in [0, 0.05) is 17.4 Å². The van der Waals surface area contributed by atoms with Crippen LogP contribution >= 0.6 is 0 Å². The molecule has 0 fully saturated rings. The van der Waals surface area contributed by atoms with E-state index in [9.17, 15) is 4.79 Å². The second-order valence-electron chi connectivity index (χ2n) is 5.03. The van der Waals surface area contributed by atoms with Gasteiger partial charge in [0.25, 0.3) is 0 Å². The number of hydrogen-bond acceptors (Lipinski definition) is 1. The van der Waals surface area contributed by atoms with Crippen molar-refractivity contribution in [2.24, 2.45) is 5.92 Å². The standard InChI is InChI=1S/C18H16O/c1-13(18(19)15-8-3-2-4-9-15)16-12-11-14-7-5-6-10-17(14)16/h2-13,16H,1H3. The molecular weight excluding hydrogens is 232 g/mol. The maximum absolute atomic E-state index is 12.5. The van der Waals surface area contributed by atoms with Crippen LogP contribution < -0.4 is 0 Å². The van der Waals surface area contributed by atoms with E-state index in [-0.39, 0.29) is 17.6 Å². The molecule has 2 aromatic carbocycles. The summed E-state index contributed by atoms with van der Waals surface area (Å²) in [4.78, 5) is 12.5. The molecule has 2 unspecified atom stereocenters. The summed E-state index contributed by atoms with van der Waals surface area (Å²) in [7, 11) is 0. The number of allylic oxidation sites excluding steroid dienone is 1. The Morgan fingerprint density at radius 2 is 1.68 bits per heavy atom. The smallest absolute Gasteiger partial charge is 0.166 e. The summed E-state index contributed by atoms with van der Waals surface area (Å²) in [6.07, 6.45) is 4.27. The number of hydrogen-bond donors (Lipinski definition) is 0. The van der Waals surface area contributed by atoms with E-state index >= 15 is 0 Å². The molecule has 94 valence electrons. The molecule has 1 nitrogen and oxygen atoms in total. The highest BCUT2D eigenvalue weighted by Gasteiger charge is 2.28. The number of fused-ring (bicyclic) bond motifs is 1. The number of Topliss-reactive ketones (excluding diaryl/α,β-unsaturated/α-hetero) is 1.